The van der Waals surface area contributed by atoms with Gasteiger partial charge in [-0.2, -0.15) is 0 Å². The molecule has 0 aliphatic heterocycles. The van der Waals surface area contributed by atoms with E-state index >= 15 is 0 Å². The van der Waals surface area contributed by atoms with Gasteiger partial charge in [0.1, 0.15) is 0 Å². The number of carbonyl (C=O) groups excluding carboxylic acids is 1. The van der Waals surface area contributed by atoms with Crippen LogP contribution in [0.4, 0.5) is 0 Å². The molecule has 26 heavy (non-hydrogen) atoms. The summed E-state index contributed by atoms with van der Waals surface area (Å²) in [5, 5.41) is 0. The van der Waals surface area contributed by atoms with E-state index in [1.807, 2.05) is 57.2 Å². The highest BCUT2D eigenvalue weighted by molar-refractivity contribution is 7.84. The van der Waals surface area contributed by atoms with Gasteiger partial charge in [-0.3, -0.25) is 9.78 Å². The average Bonchev–Trinajstić information content (AvgIpc) is 2.61. The molecule has 140 valence electrons. The third-order valence-corrected chi connectivity index (χ3v) is 5.36. The number of aromatic nitrogens is 1. The Morgan fingerprint density at radius 3 is 2.50 bits per heavy atom. The van der Waals surface area contributed by atoms with Crippen LogP contribution < -0.4 is 4.72 Å². The molecule has 0 saturated carbocycles. The van der Waals surface area contributed by atoms with E-state index in [2.05, 4.69) is 9.71 Å². The molecule has 0 bridgehead atoms. The molecule has 1 heterocycles. The maximum absolute atomic E-state index is 12.6. The molecule has 0 fully saturated rings. The highest BCUT2D eigenvalue weighted by atomic mass is 32.2. The van der Waals surface area contributed by atoms with Crippen molar-refractivity contribution in [2.24, 2.45) is 0 Å². The Morgan fingerprint density at radius 1 is 1.19 bits per heavy atom. The molecule has 0 saturated heterocycles. The molecule has 1 aromatic heterocycles. The average molecular weight is 375 g/mol. The van der Waals surface area contributed by atoms with E-state index in [4.69, 9.17) is 4.74 Å². The van der Waals surface area contributed by atoms with E-state index in [9.17, 15) is 9.00 Å². The van der Waals surface area contributed by atoms with Gasteiger partial charge in [0, 0.05) is 18.0 Å². The molecule has 2 rings (SSSR count). The molecule has 0 spiro atoms. The summed E-state index contributed by atoms with van der Waals surface area (Å²) in [6, 6.07) is 11.4. The predicted molar refractivity (Wildman–Crippen MR) is 105 cm³/mol. The van der Waals surface area contributed by atoms with Crippen LogP contribution in [0, 0.1) is 0 Å². The van der Waals surface area contributed by atoms with Crippen LogP contribution in [0.15, 0.2) is 48.8 Å². The maximum atomic E-state index is 12.6. The van der Waals surface area contributed by atoms with Crippen LogP contribution in [0.1, 0.15) is 45.7 Å². The zero-order valence-corrected chi connectivity index (χ0v) is 16.5. The van der Waals surface area contributed by atoms with Crippen molar-refractivity contribution in [3.05, 3.63) is 54.4 Å². The smallest absolute Gasteiger partial charge is 0.307 e. The first kappa shape index (κ1) is 20.3. The zero-order valence-electron chi connectivity index (χ0n) is 15.7. The molecule has 0 aliphatic rings. The first-order valence-corrected chi connectivity index (χ1v) is 9.80. The summed E-state index contributed by atoms with van der Waals surface area (Å²) in [6.45, 7) is 7.74. The summed E-state index contributed by atoms with van der Waals surface area (Å²) in [6.07, 6.45) is 3.57. The van der Waals surface area contributed by atoms with Gasteiger partial charge in [0.2, 0.25) is 0 Å². The number of carbonyl (C=O) groups is 1. The van der Waals surface area contributed by atoms with Gasteiger partial charge in [-0.15, -0.1) is 0 Å². The molecule has 0 aliphatic carbocycles. The predicted octanol–water partition coefficient (Wildman–Crippen LogP) is 3.79. The van der Waals surface area contributed by atoms with Crippen molar-refractivity contribution in [2.75, 3.05) is 6.61 Å². The SMILES string of the molecule is CCOC(=O)C[C@H](N[S@](=O)C(C)(C)C)c1cncc(-c2ccccc2)c1. The van der Waals surface area contributed by atoms with Gasteiger partial charge in [0.15, 0.2) is 0 Å². The molecule has 1 aromatic carbocycles. The van der Waals surface area contributed by atoms with Gasteiger partial charge in [-0.25, -0.2) is 8.93 Å². The first-order valence-electron chi connectivity index (χ1n) is 8.65. The summed E-state index contributed by atoms with van der Waals surface area (Å²) in [5.74, 6) is -0.332. The van der Waals surface area contributed by atoms with Gasteiger partial charge in [0.05, 0.1) is 34.8 Å². The molecule has 2 atom stereocenters. The number of rotatable bonds is 7. The minimum Gasteiger partial charge on any atom is -0.466 e. The molecule has 0 unspecified atom stereocenters. The Bertz CT molecular complexity index is 757. The summed E-state index contributed by atoms with van der Waals surface area (Å²) in [5.41, 5.74) is 2.78. The second-order valence-electron chi connectivity index (χ2n) is 6.93. The molecule has 0 radical (unpaired) electrons. The van der Waals surface area contributed by atoms with E-state index < -0.39 is 21.8 Å². The minimum atomic E-state index is -1.32. The Labute approximate surface area is 157 Å². The Hall–Kier alpha value is -2.05. The molecule has 2 aromatic rings. The van der Waals surface area contributed by atoms with Crippen LogP contribution in [0.5, 0.6) is 0 Å². The second-order valence-corrected chi connectivity index (χ2v) is 8.93. The van der Waals surface area contributed by atoms with Crippen molar-refractivity contribution < 1.29 is 13.7 Å². The lowest BCUT2D eigenvalue weighted by atomic mass is 10.0. The number of hydrogen-bond donors (Lipinski definition) is 1. The molecule has 6 heteroatoms. The Morgan fingerprint density at radius 2 is 1.88 bits per heavy atom. The van der Waals surface area contributed by atoms with E-state index in [0.717, 1.165) is 16.7 Å². The summed E-state index contributed by atoms with van der Waals surface area (Å²) >= 11 is 0. The van der Waals surface area contributed by atoms with E-state index in [1.165, 1.54) is 0 Å². The van der Waals surface area contributed by atoms with Crippen LogP contribution in [0.2, 0.25) is 0 Å². The minimum absolute atomic E-state index is 0.0928. The van der Waals surface area contributed by atoms with Crippen LogP contribution >= 0.6 is 0 Å². The summed E-state index contributed by atoms with van der Waals surface area (Å²) in [4.78, 5) is 16.3. The Balaban J connectivity index is 2.32. The van der Waals surface area contributed by atoms with Gasteiger partial charge in [-0.05, 0) is 44.9 Å². The number of pyridine rings is 1. The van der Waals surface area contributed by atoms with Crippen molar-refractivity contribution in [1.82, 2.24) is 9.71 Å². The van der Waals surface area contributed by atoms with Crippen molar-refractivity contribution in [3.8, 4) is 11.1 Å². The summed E-state index contributed by atoms with van der Waals surface area (Å²) < 4.78 is 20.3. The normalized spacial score (nSPS) is 13.8. The van der Waals surface area contributed by atoms with Crippen LogP contribution in [-0.4, -0.2) is 26.5 Å². The fourth-order valence-electron chi connectivity index (χ4n) is 2.36. The van der Waals surface area contributed by atoms with Gasteiger partial charge >= 0.3 is 5.97 Å². The maximum Gasteiger partial charge on any atom is 0.307 e. The number of hydrogen-bond acceptors (Lipinski definition) is 4. The highest BCUT2D eigenvalue weighted by Gasteiger charge is 2.26. The topological polar surface area (TPSA) is 68.3 Å². The van der Waals surface area contributed by atoms with E-state index in [-0.39, 0.29) is 12.4 Å². The van der Waals surface area contributed by atoms with E-state index in [0.29, 0.717) is 6.61 Å². The van der Waals surface area contributed by atoms with Crippen molar-refractivity contribution in [1.29, 1.82) is 0 Å². The lowest BCUT2D eigenvalue weighted by Gasteiger charge is -2.24. The number of benzene rings is 1. The third kappa shape index (κ3) is 5.75. The van der Waals surface area contributed by atoms with Crippen molar-refractivity contribution in [2.45, 2.75) is 44.9 Å². The molecule has 5 nitrogen and oxygen atoms in total. The van der Waals surface area contributed by atoms with Crippen LogP contribution in [-0.2, 0) is 20.5 Å². The standard InChI is InChI=1S/C20H26N2O3S/c1-5-25-19(23)12-18(22-26(24)20(2,3)4)17-11-16(13-21-14-17)15-9-7-6-8-10-15/h6-11,13-14,18,22H,5,12H2,1-4H3/t18-,26+/m0/s1. The number of nitrogens with one attached hydrogen (secondary N) is 1. The highest BCUT2D eigenvalue weighted by Crippen LogP contribution is 2.25. The molecular formula is C20H26N2O3S. The number of esters is 1. The van der Waals surface area contributed by atoms with Crippen LogP contribution in [0.3, 0.4) is 0 Å². The quantitative estimate of drug-likeness (QED) is 0.749. The second kappa shape index (κ2) is 9.05. The monoisotopic (exact) mass is 374 g/mol. The van der Waals surface area contributed by atoms with Crippen LogP contribution in [0.25, 0.3) is 11.1 Å². The van der Waals surface area contributed by atoms with Gasteiger partial charge in [0.25, 0.3) is 0 Å². The molecular weight excluding hydrogens is 348 g/mol. The third-order valence-electron chi connectivity index (χ3n) is 3.75. The number of ether oxygens (including phenoxy) is 1. The molecule has 0 amide bonds. The van der Waals surface area contributed by atoms with Crippen molar-refractivity contribution in [3.63, 3.8) is 0 Å². The number of nitrogens with zero attached hydrogens (tertiary/aromatic N) is 1. The lowest BCUT2D eigenvalue weighted by molar-refractivity contribution is -0.143. The molecule has 1 N–H and O–H groups in total. The zero-order chi connectivity index (χ0) is 19.2. The summed E-state index contributed by atoms with van der Waals surface area (Å²) in [7, 11) is -1.32. The lowest BCUT2D eigenvalue weighted by Crippen LogP contribution is -2.36. The van der Waals surface area contributed by atoms with Gasteiger partial charge in [-0.1, -0.05) is 30.3 Å². The first-order chi connectivity index (χ1) is 12.3. The van der Waals surface area contributed by atoms with Crippen molar-refractivity contribution >= 4 is 17.0 Å². The largest absolute Gasteiger partial charge is 0.466 e. The Kier molecular flexibility index (Phi) is 7.06. The van der Waals surface area contributed by atoms with E-state index in [1.54, 1.807) is 19.3 Å². The fourth-order valence-corrected chi connectivity index (χ4v) is 3.19. The van der Waals surface area contributed by atoms with Gasteiger partial charge < -0.3 is 4.74 Å². The fraction of sp³-hybridized carbons (Fsp3) is 0.400.